The van der Waals surface area contributed by atoms with Crippen LogP contribution in [0.2, 0.25) is 0 Å². The van der Waals surface area contributed by atoms with E-state index in [2.05, 4.69) is 15.6 Å². The molecule has 5 nitrogen and oxygen atoms in total. The predicted octanol–water partition coefficient (Wildman–Crippen LogP) is 1.93. The van der Waals surface area contributed by atoms with Gasteiger partial charge < -0.3 is 15.4 Å². The summed E-state index contributed by atoms with van der Waals surface area (Å²) in [6.45, 7) is 2.06. The molecule has 0 aliphatic rings. The van der Waals surface area contributed by atoms with Crippen LogP contribution in [0.3, 0.4) is 0 Å². The van der Waals surface area contributed by atoms with Gasteiger partial charge in [0, 0.05) is 38.4 Å². The van der Waals surface area contributed by atoms with E-state index in [9.17, 15) is 4.79 Å². The Morgan fingerprint density at radius 2 is 1.78 bits per heavy atom. The first kappa shape index (κ1) is 17.0. The van der Waals surface area contributed by atoms with Crippen molar-refractivity contribution in [3.63, 3.8) is 0 Å². The summed E-state index contributed by atoms with van der Waals surface area (Å²) < 4.78 is 5.12. The number of carbonyl (C=O) groups excluding carboxylic acids is 1. The maximum absolute atomic E-state index is 11.8. The zero-order valence-corrected chi connectivity index (χ0v) is 13.4. The Balaban J connectivity index is 1.56. The van der Waals surface area contributed by atoms with Crippen molar-refractivity contribution in [1.82, 2.24) is 15.6 Å². The molecule has 0 saturated carbocycles. The van der Waals surface area contributed by atoms with E-state index < -0.39 is 0 Å². The summed E-state index contributed by atoms with van der Waals surface area (Å²) in [4.78, 5) is 15.7. The molecule has 0 atom stereocenters. The number of hydrogen-bond acceptors (Lipinski definition) is 4. The maximum Gasteiger partial charge on any atom is 0.221 e. The van der Waals surface area contributed by atoms with Gasteiger partial charge in [-0.25, -0.2) is 0 Å². The third-order valence-corrected chi connectivity index (χ3v) is 3.50. The van der Waals surface area contributed by atoms with Gasteiger partial charge in [0.1, 0.15) is 5.75 Å². The SMILES string of the molecule is COc1ccc(CCNC(=O)CCNCc2ccncc2)cc1. The average molecular weight is 313 g/mol. The molecule has 1 heterocycles. The summed E-state index contributed by atoms with van der Waals surface area (Å²) in [5.41, 5.74) is 2.35. The highest BCUT2D eigenvalue weighted by Gasteiger charge is 2.01. The topological polar surface area (TPSA) is 63.2 Å². The average Bonchev–Trinajstić information content (AvgIpc) is 2.60. The first-order valence-corrected chi connectivity index (χ1v) is 7.77. The van der Waals surface area contributed by atoms with Gasteiger partial charge in [0.2, 0.25) is 5.91 Å². The Morgan fingerprint density at radius 1 is 1.04 bits per heavy atom. The number of ether oxygens (including phenoxy) is 1. The molecule has 0 unspecified atom stereocenters. The van der Waals surface area contributed by atoms with Crippen LogP contribution in [0.15, 0.2) is 48.8 Å². The van der Waals surface area contributed by atoms with E-state index in [4.69, 9.17) is 4.74 Å². The number of amides is 1. The summed E-state index contributed by atoms with van der Waals surface area (Å²) in [6.07, 6.45) is 4.83. The van der Waals surface area contributed by atoms with Crippen molar-refractivity contribution in [3.8, 4) is 5.75 Å². The number of carbonyl (C=O) groups is 1. The van der Waals surface area contributed by atoms with Gasteiger partial charge in [-0.3, -0.25) is 9.78 Å². The molecule has 23 heavy (non-hydrogen) atoms. The lowest BCUT2D eigenvalue weighted by Gasteiger charge is -2.07. The normalized spacial score (nSPS) is 10.3. The maximum atomic E-state index is 11.8. The minimum absolute atomic E-state index is 0.0701. The molecule has 0 saturated heterocycles. The molecule has 0 bridgehead atoms. The smallest absolute Gasteiger partial charge is 0.221 e. The lowest BCUT2D eigenvalue weighted by Crippen LogP contribution is -2.29. The molecule has 2 N–H and O–H groups in total. The van der Waals surface area contributed by atoms with Crippen LogP contribution in [0.25, 0.3) is 0 Å². The number of hydrogen-bond donors (Lipinski definition) is 2. The Kier molecular flexibility index (Phi) is 7.07. The highest BCUT2D eigenvalue weighted by atomic mass is 16.5. The van der Waals surface area contributed by atoms with Crippen LogP contribution in [0.4, 0.5) is 0 Å². The minimum Gasteiger partial charge on any atom is -0.497 e. The molecule has 0 aliphatic heterocycles. The second kappa shape index (κ2) is 9.58. The lowest BCUT2D eigenvalue weighted by molar-refractivity contribution is -0.120. The van der Waals surface area contributed by atoms with Gasteiger partial charge in [-0.1, -0.05) is 12.1 Å². The van der Waals surface area contributed by atoms with Gasteiger partial charge in [0.05, 0.1) is 7.11 Å². The monoisotopic (exact) mass is 313 g/mol. The van der Waals surface area contributed by atoms with Gasteiger partial charge in [-0.15, -0.1) is 0 Å². The zero-order valence-electron chi connectivity index (χ0n) is 13.4. The molecular weight excluding hydrogens is 290 g/mol. The summed E-state index contributed by atoms with van der Waals surface area (Å²) in [5, 5.41) is 6.19. The molecule has 1 amide bonds. The largest absolute Gasteiger partial charge is 0.497 e. The fraction of sp³-hybridized carbons (Fsp3) is 0.333. The summed E-state index contributed by atoms with van der Waals surface area (Å²) in [5.74, 6) is 0.916. The van der Waals surface area contributed by atoms with Crippen molar-refractivity contribution in [1.29, 1.82) is 0 Å². The molecule has 1 aromatic carbocycles. The summed E-state index contributed by atoms with van der Waals surface area (Å²) in [6, 6.07) is 11.8. The van der Waals surface area contributed by atoms with Crippen LogP contribution in [0, 0.1) is 0 Å². The second-order valence-electron chi connectivity index (χ2n) is 5.23. The fourth-order valence-corrected chi connectivity index (χ4v) is 2.16. The highest BCUT2D eigenvalue weighted by molar-refractivity contribution is 5.76. The number of methoxy groups -OCH3 is 1. The van der Waals surface area contributed by atoms with Crippen molar-refractivity contribution in [3.05, 3.63) is 59.9 Å². The first-order chi connectivity index (χ1) is 11.3. The van der Waals surface area contributed by atoms with Gasteiger partial charge in [0.25, 0.3) is 0 Å². The van der Waals surface area contributed by atoms with Gasteiger partial charge in [-0.05, 0) is 41.8 Å². The fourth-order valence-electron chi connectivity index (χ4n) is 2.16. The van der Waals surface area contributed by atoms with E-state index in [0.717, 1.165) is 18.7 Å². The molecule has 0 radical (unpaired) electrons. The Labute approximate surface area is 137 Å². The molecule has 2 rings (SSSR count). The van der Waals surface area contributed by atoms with Crippen molar-refractivity contribution >= 4 is 5.91 Å². The predicted molar refractivity (Wildman–Crippen MR) is 90.3 cm³/mol. The van der Waals surface area contributed by atoms with E-state index in [1.807, 2.05) is 36.4 Å². The summed E-state index contributed by atoms with van der Waals surface area (Å²) in [7, 11) is 1.65. The van der Waals surface area contributed by atoms with E-state index >= 15 is 0 Å². The molecule has 0 aliphatic carbocycles. The van der Waals surface area contributed by atoms with Gasteiger partial charge >= 0.3 is 0 Å². The third-order valence-electron chi connectivity index (χ3n) is 3.50. The van der Waals surface area contributed by atoms with E-state index in [1.165, 1.54) is 11.1 Å². The number of nitrogens with one attached hydrogen (secondary N) is 2. The van der Waals surface area contributed by atoms with Crippen LogP contribution in [-0.2, 0) is 17.8 Å². The van der Waals surface area contributed by atoms with Crippen molar-refractivity contribution in [2.75, 3.05) is 20.2 Å². The van der Waals surface area contributed by atoms with Crippen molar-refractivity contribution < 1.29 is 9.53 Å². The molecule has 122 valence electrons. The molecule has 0 fully saturated rings. The van der Waals surface area contributed by atoms with Crippen LogP contribution in [0.5, 0.6) is 5.75 Å². The highest BCUT2D eigenvalue weighted by Crippen LogP contribution is 2.11. The quantitative estimate of drug-likeness (QED) is 0.694. The Morgan fingerprint density at radius 3 is 2.48 bits per heavy atom. The molecular formula is C18H23N3O2. The number of benzene rings is 1. The minimum atomic E-state index is 0.0701. The first-order valence-electron chi connectivity index (χ1n) is 7.77. The molecule has 1 aromatic heterocycles. The van der Waals surface area contributed by atoms with Gasteiger partial charge in [0.15, 0.2) is 0 Å². The summed E-state index contributed by atoms with van der Waals surface area (Å²) >= 11 is 0. The van der Waals surface area contributed by atoms with Crippen molar-refractivity contribution in [2.45, 2.75) is 19.4 Å². The Bertz CT molecular complexity index is 585. The van der Waals surface area contributed by atoms with E-state index in [0.29, 0.717) is 19.5 Å². The van der Waals surface area contributed by atoms with Crippen LogP contribution in [-0.4, -0.2) is 31.1 Å². The third kappa shape index (κ3) is 6.48. The molecule has 0 spiro atoms. The number of pyridine rings is 1. The van der Waals surface area contributed by atoms with Crippen LogP contribution < -0.4 is 15.4 Å². The Hall–Kier alpha value is -2.40. The second-order valence-corrected chi connectivity index (χ2v) is 5.23. The number of aromatic nitrogens is 1. The van der Waals surface area contributed by atoms with E-state index in [1.54, 1.807) is 19.5 Å². The number of rotatable bonds is 9. The van der Waals surface area contributed by atoms with Crippen molar-refractivity contribution in [2.24, 2.45) is 0 Å². The molecule has 5 heteroatoms. The molecule has 2 aromatic rings. The zero-order chi connectivity index (χ0) is 16.3. The van der Waals surface area contributed by atoms with E-state index in [-0.39, 0.29) is 5.91 Å². The lowest BCUT2D eigenvalue weighted by atomic mass is 10.1. The van der Waals surface area contributed by atoms with Crippen LogP contribution >= 0.6 is 0 Å². The standard InChI is InChI=1S/C18H23N3O2/c1-23-17-4-2-15(3-5-17)8-13-21-18(22)9-12-20-14-16-6-10-19-11-7-16/h2-7,10-11,20H,8-9,12-14H2,1H3,(H,21,22). The van der Waals surface area contributed by atoms with Crippen LogP contribution in [0.1, 0.15) is 17.5 Å². The van der Waals surface area contributed by atoms with Gasteiger partial charge in [-0.2, -0.15) is 0 Å². The number of nitrogens with zero attached hydrogens (tertiary/aromatic N) is 1.